The zero-order valence-corrected chi connectivity index (χ0v) is 33.7. The number of unbranched alkanes of at least 4 members (excludes halogenated alkanes) is 23. The van der Waals surface area contributed by atoms with Gasteiger partial charge in [0, 0.05) is 22.9 Å². The average Bonchev–Trinajstić information content (AvgIpc) is 3.12. The molecule has 0 amide bonds. The Hall–Kier alpha value is -2.17. The monoisotopic (exact) mass is 725 g/mol. The summed E-state index contributed by atoms with van der Waals surface area (Å²) in [6, 6.07) is 17.5. The first-order valence-corrected chi connectivity index (χ1v) is 21.0. The van der Waals surface area contributed by atoms with Crippen molar-refractivity contribution >= 4 is 23.3 Å². The normalized spacial score (nSPS) is 11.5. The molecule has 2 aromatic carbocycles. The van der Waals surface area contributed by atoms with Gasteiger partial charge in [-0.2, -0.15) is 0 Å². The smallest absolute Gasteiger partial charge is 0.132 e. The van der Waals surface area contributed by atoms with Gasteiger partial charge in [0.2, 0.25) is 0 Å². The number of hydrogen-bond donors (Lipinski definition) is 0. The molecule has 3 heteroatoms. The molecule has 0 aliphatic rings. The minimum Gasteiger partial charge on any atom is -0.254 e. The number of aliphatic imine (C=N–C) groups is 2. The van der Waals surface area contributed by atoms with Crippen LogP contribution in [0.15, 0.2) is 58.5 Å². The zero-order valence-electron chi connectivity index (χ0n) is 32.7. The standard InChI is InChI=1S/C47H74N2.Ni/c1-4-7-10-13-15-17-19-21-23-26-28-33-43-35-31-38-45(40-43)48-42-47(37-30-25-12-9-6-3)49-46-39-32-36-44(41-46)34-29-27-24-22-20-18-16-14-11-8-5-2;/h31-32,35-36,38-42H,4-29,33-34H2,1-3H3;. The van der Waals surface area contributed by atoms with Gasteiger partial charge in [0.05, 0.1) is 17.6 Å². The number of hydrogen-bond acceptors (Lipinski definition) is 2. The first-order chi connectivity index (χ1) is 24.2. The van der Waals surface area contributed by atoms with Crippen molar-refractivity contribution in [1.82, 2.24) is 0 Å². The van der Waals surface area contributed by atoms with Gasteiger partial charge in [0.1, 0.15) is 5.71 Å². The molecule has 282 valence electrons. The molecule has 0 aromatic heterocycles. The van der Waals surface area contributed by atoms with E-state index in [9.17, 15) is 0 Å². The molecule has 0 spiro atoms. The summed E-state index contributed by atoms with van der Waals surface area (Å²) in [5, 5.41) is 0. The minimum atomic E-state index is 0. The summed E-state index contributed by atoms with van der Waals surface area (Å²) in [5.74, 6) is 6.72. The number of benzene rings is 2. The van der Waals surface area contributed by atoms with E-state index in [1.807, 2.05) is 6.21 Å². The van der Waals surface area contributed by atoms with Crippen molar-refractivity contribution in [2.24, 2.45) is 9.98 Å². The molecule has 0 N–H and O–H groups in total. The summed E-state index contributed by atoms with van der Waals surface area (Å²) in [6.07, 6.45) is 39.0. The third kappa shape index (κ3) is 25.7. The maximum absolute atomic E-state index is 4.98. The van der Waals surface area contributed by atoms with Crippen LogP contribution in [0.3, 0.4) is 0 Å². The van der Waals surface area contributed by atoms with E-state index in [0.717, 1.165) is 42.8 Å². The molecule has 0 radical (unpaired) electrons. The molecule has 0 atom stereocenters. The predicted molar refractivity (Wildman–Crippen MR) is 220 cm³/mol. The summed E-state index contributed by atoms with van der Waals surface area (Å²) in [5.41, 5.74) is 5.48. The third-order valence-electron chi connectivity index (χ3n) is 9.67. The molecule has 0 saturated heterocycles. The summed E-state index contributed by atoms with van der Waals surface area (Å²) in [7, 11) is 0. The van der Waals surface area contributed by atoms with Gasteiger partial charge in [0.15, 0.2) is 0 Å². The average molecular weight is 726 g/mol. The van der Waals surface area contributed by atoms with E-state index in [-0.39, 0.29) is 16.5 Å². The first-order valence-electron chi connectivity index (χ1n) is 21.0. The van der Waals surface area contributed by atoms with Crippen LogP contribution in [0.1, 0.15) is 199 Å². The Morgan fingerprint density at radius 2 is 0.900 bits per heavy atom. The van der Waals surface area contributed by atoms with E-state index in [0.29, 0.717) is 0 Å². The van der Waals surface area contributed by atoms with Crippen molar-refractivity contribution in [2.45, 2.75) is 201 Å². The van der Waals surface area contributed by atoms with Crippen LogP contribution in [0, 0.1) is 11.8 Å². The molecular weight excluding hydrogens is 651 g/mol. The van der Waals surface area contributed by atoms with Gasteiger partial charge < -0.3 is 0 Å². The van der Waals surface area contributed by atoms with Gasteiger partial charge in [-0.25, -0.2) is 4.99 Å². The van der Waals surface area contributed by atoms with Crippen LogP contribution >= 0.6 is 0 Å². The SMILES string of the molecule is CCCCCC#CC(C=Nc1cccc(CCCCCCCCCCCCC)c1)=Nc1cccc(CCCCCCCCCCCCC)c1.[Ni]. The van der Waals surface area contributed by atoms with E-state index in [4.69, 9.17) is 9.98 Å². The number of nitrogens with zero attached hydrogens (tertiary/aromatic N) is 2. The van der Waals surface area contributed by atoms with Crippen LogP contribution in [0.4, 0.5) is 11.4 Å². The molecule has 2 aromatic rings. The van der Waals surface area contributed by atoms with Crippen molar-refractivity contribution in [3.63, 3.8) is 0 Å². The number of rotatable bonds is 30. The molecule has 0 unspecified atom stereocenters. The van der Waals surface area contributed by atoms with E-state index in [1.165, 1.54) is 165 Å². The van der Waals surface area contributed by atoms with Gasteiger partial charge in [0.25, 0.3) is 0 Å². The minimum absolute atomic E-state index is 0. The van der Waals surface area contributed by atoms with E-state index >= 15 is 0 Å². The van der Waals surface area contributed by atoms with Crippen LogP contribution in [0.5, 0.6) is 0 Å². The van der Waals surface area contributed by atoms with Gasteiger partial charge in [-0.15, -0.1) is 0 Å². The maximum Gasteiger partial charge on any atom is 0.132 e. The van der Waals surface area contributed by atoms with Crippen LogP contribution < -0.4 is 0 Å². The van der Waals surface area contributed by atoms with Crippen LogP contribution in [-0.2, 0) is 29.3 Å². The van der Waals surface area contributed by atoms with Gasteiger partial charge in [-0.3, -0.25) is 4.99 Å². The van der Waals surface area contributed by atoms with Gasteiger partial charge in [-0.1, -0.05) is 192 Å². The second-order valence-corrected chi connectivity index (χ2v) is 14.4. The zero-order chi connectivity index (χ0) is 34.9. The van der Waals surface area contributed by atoms with Crippen LogP contribution in [0.25, 0.3) is 0 Å². The fourth-order valence-electron chi connectivity index (χ4n) is 6.54. The second-order valence-electron chi connectivity index (χ2n) is 14.4. The molecular formula is C47H74N2Ni. The van der Waals surface area contributed by atoms with Crippen molar-refractivity contribution in [3.8, 4) is 11.8 Å². The van der Waals surface area contributed by atoms with Crippen molar-refractivity contribution in [3.05, 3.63) is 59.7 Å². The molecule has 2 rings (SSSR count). The summed E-state index contributed by atoms with van der Waals surface area (Å²) < 4.78 is 0. The van der Waals surface area contributed by atoms with Crippen molar-refractivity contribution < 1.29 is 16.5 Å². The van der Waals surface area contributed by atoms with Crippen LogP contribution in [0.2, 0.25) is 0 Å². The number of aryl methyl sites for hydroxylation is 2. The molecule has 0 bridgehead atoms. The Morgan fingerprint density at radius 3 is 1.38 bits per heavy atom. The maximum atomic E-state index is 4.98. The molecule has 0 heterocycles. The molecule has 0 aliphatic heterocycles. The Kier molecular flexibility index (Phi) is 31.1. The molecule has 0 fully saturated rings. The molecule has 2 nitrogen and oxygen atoms in total. The fraction of sp³-hybridized carbons (Fsp3) is 0.660. The van der Waals surface area contributed by atoms with Crippen molar-refractivity contribution in [1.29, 1.82) is 0 Å². The van der Waals surface area contributed by atoms with Gasteiger partial charge >= 0.3 is 0 Å². The Bertz CT molecular complexity index is 1190. The summed E-state index contributed by atoms with van der Waals surface area (Å²) >= 11 is 0. The summed E-state index contributed by atoms with van der Waals surface area (Å²) in [6.45, 7) is 6.82. The largest absolute Gasteiger partial charge is 0.254 e. The molecule has 0 aliphatic carbocycles. The topological polar surface area (TPSA) is 24.7 Å². The molecule has 0 saturated carbocycles. The van der Waals surface area contributed by atoms with Crippen molar-refractivity contribution in [2.75, 3.05) is 0 Å². The molecule has 50 heavy (non-hydrogen) atoms. The Labute approximate surface area is 320 Å². The third-order valence-corrected chi connectivity index (χ3v) is 9.67. The second kappa shape index (κ2) is 33.9. The van der Waals surface area contributed by atoms with Crippen LogP contribution in [-0.4, -0.2) is 11.9 Å². The Balaban J connectivity index is 0.0000125. The quantitative estimate of drug-likeness (QED) is 0.0332. The van der Waals surface area contributed by atoms with E-state index in [2.05, 4.69) is 81.1 Å². The predicted octanol–water partition coefficient (Wildman–Crippen LogP) is 15.4. The fourth-order valence-corrected chi connectivity index (χ4v) is 6.54. The Morgan fingerprint density at radius 1 is 0.500 bits per heavy atom. The van der Waals surface area contributed by atoms with E-state index < -0.39 is 0 Å². The van der Waals surface area contributed by atoms with E-state index in [1.54, 1.807) is 0 Å². The summed E-state index contributed by atoms with van der Waals surface area (Å²) in [4.78, 5) is 9.84. The first kappa shape index (κ1) is 45.9. The van der Waals surface area contributed by atoms with Gasteiger partial charge in [-0.05, 0) is 73.4 Å².